The van der Waals surface area contributed by atoms with E-state index in [1.165, 1.54) is 0 Å². The summed E-state index contributed by atoms with van der Waals surface area (Å²) in [5.41, 5.74) is 0.925. The smallest absolute Gasteiger partial charge is 0.150 e. The van der Waals surface area contributed by atoms with Crippen LogP contribution in [-0.2, 0) is 16.0 Å². The quantitative estimate of drug-likeness (QED) is 0.818. The lowest BCUT2D eigenvalue weighted by Gasteiger charge is -2.34. The van der Waals surface area contributed by atoms with Gasteiger partial charge in [-0.25, -0.2) is 9.97 Å². The van der Waals surface area contributed by atoms with Crippen LogP contribution in [0.4, 0.5) is 5.82 Å². The molecule has 8 nitrogen and oxygen atoms in total. The molecule has 2 saturated heterocycles. The summed E-state index contributed by atoms with van der Waals surface area (Å²) in [6.45, 7) is 7.92. The van der Waals surface area contributed by atoms with Crippen molar-refractivity contribution in [3.8, 4) is 0 Å². The molecule has 2 aliphatic heterocycles. The number of anilines is 1. The van der Waals surface area contributed by atoms with Gasteiger partial charge in [0.2, 0.25) is 0 Å². The van der Waals surface area contributed by atoms with E-state index in [1.54, 1.807) is 0 Å². The number of aryl methyl sites for hydroxylation is 1. The van der Waals surface area contributed by atoms with E-state index < -0.39 is 0 Å². The fourth-order valence-electron chi connectivity index (χ4n) is 3.26. The molecule has 1 atom stereocenters. The van der Waals surface area contributed by atoms with Gasteiger partial charge in [-0.3, -0.25) is 4.90 Å². The maximum atomic E-state index is 5.70. The van der Waals surface area contributed by atoms with Gasteiger partial charge in [0, 0.05) is 38.4 Å². The molecular weight excluding hydrogens is 322 g/mol. The largest absolute Gasteiger partial charge is 0.378 e. The van der Waals surface area contributed by atoms with Gasteiger partial charge in [-0.15, -0.1) is 0 Å². The molecule has 8 heteroatoms. The van der Waals surface area contributed by atoms with E-state index in [1.807, 2.05) is 25.3 Å². The van der Waals surface area contributed by atoms with Crippen LogP contribution in [0.1, 0.15) is 23.3 Å². The van der Waals surface area contributed by atoms with Crippen LogP contribution in [0.25, 0.3) is 0 Å². The third-order valence-electron chi connectivity index (χ3n) is 4.57. The highest BCUT2D eigenvalue weighted by Gasteiger charge is 2.28. The number of hydrogen-bond donors (Lipinski definition) is 0. The van der Waals surface area contributed by atoms with Crippen LogP contribution in [0.15, 0.2) is 22.9 Å². The molecular formula is C17H23N5O3. The van der Waals surface area contributed by atoms with E-state index in [0.29, 0.717) is 19.8 Å². The molecule has 0 N–H and O–H groups in total. The monoisotopic (exact) mass is 345 g/mol. The van der Waals surface area contributed by atoms with Crippen LogP contribution >= 0.6 is 0 Å². The van der Waals surface area contributed by atoms with E-state index in [2.05, 4.69) is 19.9 Å². The number of hydrogen-bond acceptors (Lipinski definition) is 8. The van der Waals surface area contributed by atoms with Crippen LogP contribution in [0.3, 0.4) is 0 Å². The van der Waals surface area contributed by atoms with E-state index in [-0.39, 0.29) is 6.04 Å². The molecule has 0 saturated carbocycles. The average molecular weight is 345 g/mol. The second-order valence-corrected chi connectivity index (χ2v) is 6.36. The van der Waals surface area contributed by atoms with Gasteiger partial charge in [0.1, 0.15) is 17.4 Å². The summed E-state index contributed by atoms with van der Waals surface area (Å²) in [4.78, 5) is 13.9. The van der Waals surface area contributed by atoms with Crippen molar-refractivity contribution >= 4 is 5.82 Å². The highest BCUT2D eigenvalue weighted by molar-refractivity contribution is 5.38. The zero-order valence-electron chi connectivity index (χ0n) is 14.4. The molecule has 0 amide bonds. The summed E-state index contributed by atoms with van der Waals surface area (Å²) >= 11 is 0. The number of nitrogens with zero attached hydrogens (tertiary/aromatic N) is 5. The van der Waals surface area contributed by atoms with Gasteiger partial charge in [-0.05, 0) is 13.0 Å². The zero-order valence-corrected chi connectivity index (χ0v) is 14.4. The zero-order chi connectivity index (χ0) is 17.1. The van der Waals surface area contributed by atoms with E-state index in [9.17, 15) is 0 Å². The molecule has 134 valence electrons. The molecule has 4 rings (SSSR count). The Kier molecular flexibility index (Phi) is 4.91. The summed E-state index contributed by atoms with van der Waals surface area (Å²) < 4.78 is 16.3. The van der Waals surface area contributed by atoms with E-state index in [4.69, 9.17) is 19.0 Å². The Hall–Kier alpha value is -2.03. The predicted octanol–water partition coefficient (Wildman–Crippen LogP) is 1.18. The Bertz CT molecular complexity index is 701. The van der Waals surface area contributed by atoms with Crippen molar-refractivity contribution in [2.45, 2.75) is 19.5 Å². The summed E-state index contributed by atoms with van der Waals surface area (Å²) in [7, 11) is 0. The molecule has 2 fully saturated rings. The van der Waals surface area contributed by atoms with Gasteiger partial charge >= 0.3 is 0 Å². The van der Waals surface area contributed by atoms with Crippen molar-refractivity contribution in [1.29, 1.82) is 0 Å². The van der Waals surface area contributed by atoms with Gasteiger partial charge in [0.25, 0.3) is 0 Å². The average Bonchev–Trinajstić information content (AvgIpc) is 3.08. The van der Waals surface area contributed by atoms with Crippen molar-refractivity contribution in [3.63, 3.8) is 0 Å². The second kappa shape index (κ2) is 7.47. The lowest BCUT2D eigenvalue weighted by molar-refractivity contribution is -0.0168. The molecule has 4 heterocycles. The first-order valence-electron chi connectivity index (χ1n) is 8.69. The molecule has 2 aromatic heterocycles. The molecule has 2 aliphatic rings. The summed E-state index contributed by atoms with van der Waals surface area (Å²) in [6, 6.07) is 3.95. The summed E-state index contributed by atoms with van der Waals surface area (Å²) in [6.07, 6.45) is 1.83. The predicted molar refractivity (Wildman–Crippen MR) is 90.3 cm³/mol. The minimum absolute atomic E-state index is 0.0201. The molecule has 0 spiro atoms. The van der Waals surface area contributed by atoms with Gasteiger partial charge < -0.3 is 18.9 Å². The normalized spacial score (nSPS) is 22.3. The van der Waals surface area contributed by atoms with E-state index in [0.717, 1.165) is 55.9 Å². The number of aromatic nitrogens is 3. The molecule has 0 radical (unpaired) electrons. The highest BCUT2D eigenvalue weighted by atomic mass is 16.5. The number of rotatable bonds is 4. The third kappa shape index (κ3) is 3.81. The van der Waals surface area contributed by atoms with Crippen molar-refractivity contribution in [3.05, 3.63) is 35.6 Å². The first-order valence-corrected chi connectivity index (χ1v) is 8.69. The van der Waals surface area contributed by atoms with Crippen molar-refractivity contribution < 1.29 is 14.0 Å². The Balaban J connectivity index is 1.53. The molecule has 0 aromatic carbocycles. The minimum atomic E-state index is 0.0201. The van der Waals surface area contributed by atoms with Crippen LogP contribution in [-0.4, -0.2) is 66.1 Å². The van der Waals surface area contributed by atoms with Gasteiger partial charge in [0.15, 0.2) is 0 Å². The van der Waals surface area contributed by atoms with Crippen molar-refractivity contribution in [2.75, 3.05) is 51.0 Å². The van der Waals surface area contributed by atoms with Crippen LogP contribution < -0.4 is 4.90 Å². The standard InChI is InChI=1S/C17H23N5O3/c1-13-10-14(20-25-13)11-22-6-9-24-12-15(22)17-18-3-2-16(19-17)21-4-7-23-8-5-21/h2-3,10,15H,4-9,11-12H2,1H3/t15-/m0/s1. The van der Waals surface area contributed by atoms with Crippen molar-refractivity contribution in [1.82, 2.24) is 20.0 Å². The fraction of sp³-hybridized carbons (Fsp3) is 0.588. The van der Waals surface area contributed by atoms with Crippen LogP contribution in [0.5, 0.6) is 0 Å². The van der Waals surface area contributed by atoms with Crippen LogP contribution in [0, 0.1) is 6.92 Å². The maximum absolute atomic E-state index is 5.70. The lowest BCUT2D eigenvalue weighted by Crippen LogP contribution is -2.40. The van der Waals surface area contributed by atoms with Gasteiger partial charge in [-0.2, -0.15) is 0 Å². The first-order chi connectivity index (χ1) is 12.3. The molecule has 0 aliphatic carbocycles. The molecule has 25 heavy (non-hydrogen) atoms. The summed E-state index contributed by atoms with van der Waals surface area (Å²) in [5.74, 6) is 2.57. The van der Waals surface area contributed by atoms with Crippen molar-refractivity contribution in [2.24, 2.45) is 0 Å². The fourth-order valence-corrected chi connectivity index (χ4v) is 3.26. The lowest BCUT2D eigenvalue weighted by atomic mass is 10.2. The second-order valence-electron chi connectivity index (χ2n) is 6.36. The maximum Gasteiger partial charge on any atom is 0.150 e. The van der Waals surface area contributed by atoms with Crippen LogP contribution in [0.2, 0.25) is 0 Å². The topological polar surface area (TPSA) is 76.8 Å². The van der Waals surface area contributed by atoms with E-state index >= 15 is 0 Å². The highest BCUT2D eigenvalue weighted by Crippen LogP contribution is 2.25. The Morgan fingerprint density at radius 2 is 2.00 bits per heavy atom. The minimum Gasteiger partial charge on any atom is -0.378 e. The molecule has 0 unspecified atom stereocenters. The molecule has 0 bridgehead atoms. The third-order valence-corrected chi connectivity index (χ3v) is 4.57. The Morgan fingerprint density at radius 1 is 1.16 bits per heavy atom. The van der Waals surface area contributed by atoms with Gasteiger partial charge in [-0.1, -0.05) is 5.16 Å². The molecule has 2 aromatic rings. The summed E-state index contributed by atoms with van der Waals surface area (Å²) in [5, 5.41) is 4.11. The first kappa shape index (κ1) is 16.4. The number of morpholine rings is 2. The Labute approximate surface area is 146 Å². The Morgan fingerprint density at radius 3 is 2.80 bits per heavy atom. The SMILES string of the molecule is Cc1cc(CN2CCOC[C@H]2c2nccc(N3CCOCC3)n2)no1. The number of ether oxygens (including phenoxy) is 2. The van der Waals surface area contributed by atoms with Gasteiger partial charge in [0.05, 0.1) is 38.2 Å².